The van der Waals surface area contributed by atoms with E-state index in [-0.39, 0.29) is 0 Å². The molecule has 0 amide bonds. The molecule has 1 atom stereocenters. The Morgan fingerprint density at radius 1 is 1.32 bits per heavy atom. The first kappa shape index (κ1) is 14.5. The highest BCUT2D eigenvalue weighted by Crippen LogP contribution is 2.18. The molecule has 0 bridgehead atoms. The molecular weight excluding hydrogens is 232 g/mol. The van der Waals surface area contributed by atoms with Gasteiger partial charge in [-0.1, -0.05) is 38.5 Å². The van der Waals surface area contributed by atoms with Gasteiger partial charge in [0.2, 0.25) is 0 Å². The van der Waals surface area contributed by atoms with Crippen LogP contribution in [0.4, 0.5) is 0 Å². The molecule has 1 unspecified atom stereocenters. The van der Waals surface area contributed by atoms with Gasteiger partial charge in [0.1, 0.15) is 0 Å². The van der Waals surface area contributed by atoms with Crippen LogP contribution in [-0.4, -0.2) is 19.1 Å². The van der Waals surface area contributed by atoms with E-state index in [1.807, 2.05) is 0 Å². The second kappa shape index (κ2) is 7.06. The van der Waals surface area contributed by atoms with Crippen LogP contribution in [0.1, 0.15) is 55.7 Å². The summed E-state index contributed by atoms with van der Waals surface area (Å²) in [6, 6.07) is 7.54. The third-order valence-electron chi connectivity index (χ3n) is 4.16. The van der Waals surface area contributed by atoms with Crippen molar-refractivity contribution in [1.29, 1.82) is 0 Å². The van der Waals surface area contributed by atoms with Crippen molar-refractivity contribution in [3.63, 3.8) is 0 Å². The minimum Gasteiger partial charge on any atom is -0.313 e. The number of nitrogens with one attached hydrogen (secondary N) is 2. The van der Waals surface area contributed by atoms with E-state index in [2.05, 4.69) is 49.6 Å². The number of hydrogen-bond acceptors (Lipinski definition) is 2. The molecule has 1 heterocycles. The van der Waals surface area contributed by atoms with Gasteiger partial charge in [-0.3, -0.25) is 0 Å². The molecule has 0 saturated carbocycles. The quantitative estimate of drug-likeness (QED) is 0.848. The van der Waals surface area contributed by atoms with E-state index in [0.29, 0.717) is 12.0 Å². The van der Waals surface area contributed by atoms with Crippen molar-refractivity contribution in [2.75, 3.05) is 13.1 Å². The van der Waals surface area contributed by atoms with Crippen LogP contribution in [0.15, 0.2) is 18.2 Å². The fourth-order valence-electron chi connectivity index (χ4n) is 2.72. The van der Waals surface area contributed by atoms with Gasteiger partial charge >= 0.3 is 0 Å². The van der Waals surface area contributed by atoms with Crippen LogP contribution in [0.2, 0.25) is 0 Å². The zero-order valence-electron chi connectivity index (χ0n) is 12.6. The largest absolute Gasteiger partial charge is 0.313 e. The number of hydrogen-bond donors (Lipinski definition) is 2. The normalized spacial score (nSPS) is 19.9. The van der Waals surface area contributed by atoms with Crippen LogP contribution >= 0.6 is 0 Å². The SMILES string of the molecule is Cc1ccc(C(C)C)cc1CNCC1CCCCN1. The second-order valence-corrected chi connectivity index (χ2v) is 6.12. The molecule has 0 aliphatic carbocycles. The highest BCUT2D eigenvalue weighted by molar-refractivity contribution is 5.32. The van der Waals surface area contributed by atoms with Gasteiger partial charge in [0, 0.05) is 19.1 Å². The summed E-state index contributed by atoms with van der Waals surface area (Å²) in [5.41, 5.74) is 4.29. The molecule has 1 aliphatic heterocycles. The topological polar surface area (TPSA) is 24.1 Å². The van der Waals surface area contributed by atoms with E-state index in [9.17, 15) is 0 Å². The summed E-state index contributed by atoms with van der Waals surface area (Å²) in [6.07, 6.45) is 4.03. The number of benzene rings is 1. The molecule has 0 spiro atoms. The van der Waals surface area contributed by atoms with Crippen molar-refractivity contribution in [3.05, 3.63) is 34.9 Å². The minimum atomic E-state index is 0.611. The third kappa shape index (κ3) is 4.32. The molecule has 1 aromatic rings. The van der Waals surface area contributed by atoms with Crippen LogP contribution in [-0.2, 0) is 6.54 Å². The summed E-state index contributed by atoms with van der Waals surface area (Å²) in [7, 11) is 0. The summed E-state index contributed by atoms with van der Waals surface area (Å²) in [5, 5.41) is 7.20. The van der Waals surface area contributed by atoms with Gasteiger partial charge in [0.25, 0.3) is 0 Å². The van der Waals surface area contributed by atoms with Crippen molar-refractivity contribution >= 4 is 0 Å². The zero-order chi connectivity index (χ0) is 13.7. The Kier molecular flexibility index (Phi) is 5.41. The molecule has 1 aromatic carbocycles. The Morgan fingerprint density at radius 2 is 2.16 bits per heavy atom. The predicted octanol–water partition coefficient (Wildman–Crippen LogP) is 3.35. The van der Waals surface area contributed by atoms with Gasteiger partial charge in [-0.05, 0) is 48.9 Å². The minimum absolute atomic E-state index is 0.611. The lowest BCUT2D eigenvalue weighted by molar-refractivity contribution is 0.383. The molecule has 2 heteroatoms. The summed E-state index contributed by atoms with van der Waals surface area (Å²) >= 11 is 0. The highest BCUT2D eigenvalue weighted by Gasteiger charge is 2.11. The summed E-state index contributed by atoms with van der Waals surface area (Å²) < 4.78 is 0. The van der Waals surface area contributed by atoms with Gasteiger partial charge in [-0.25, -0.2) is 0 Å². The lowest BCUT2D eigenvalue weighted by Crippen LogP contribution is -2.41. The molecule has 1 fully saturated rings. The van der Waals surface area contributed by atoms with Crippen molar-refractivity contribution in [3.8, 4) is 0 Å². The molecule has 2 nitrogen and oxygen atoms in total. The number of aryl methyl sites for hydroxylation is 1. The van der Waals surface area contributed by atoms with Crippen molar-refractivity contribution in [1.82, 2.24) is 10.6 Å². The Balaban J connectivity index is 1.86. The van der Waals surface area contributed by atoms with Crippen molar-refractivity contribution in [2.24, 2.45) is 0 Å². The van der Waals surface area contributed by atoms with Crippen LogP contribution in [0.25, 0.3) is 0 Å². The first-order chi connectivity index (χ1) is 9.16. The zero-order valence-corrected chi connectivity index (χ0v) is 12.6. The van der Waals surface area contributed by atoms with Gasteiger partial charge in [0.15, 0.2) is 0 Å². The van der Waals surface area contributed by atoms with Crippen LogP contribution in [0.3, 0.4) is 0 Å². The molecule has 1 aliphatic rings. The van der Waals surface area contributed by atoms with E-state index in [1.165, 1.54) is 42.5 Å². The van der Waals surface area contributed by atoms with E-state index >= 15 is 0 Å². The smallest absolute Gasteiger partial charge is 0.0208 e. The Hall–Kier alpha value is -0.860. The lowest BCUT2D eigenvalue weighted by Gasteiger charge is -2.24. The molecule has 0 aromatic heterocycles. The number of piperidine rings is 1. The first-order valence-electron chi connectivity index (χ1n) is 7.70. The van der Waals surface area contributed by atoms with Gasteiger partial charge in [-0.2, -0.15) is 0 Å². The Bertz CT molecular complexity index is 392. The van der Waals surface area contributed by atoms with Crippen LogP contribution in [0.5, 0.6) is 0 Å². The summed E-state index contributed by atoms with van der Waals surface area (Å²) in [4.78, 5) is 0. The molecule has 1 saturated heterocycles. The molecule has 2 N–H and O–H groups in total. The molecule has 2 rings (SSSR count). The van der Waals surface area contributed by atoms with Crippen molar-refractivity contribution in [2.45, 2.75) is 58.5 Å². The Morgan fingerprint density at radius 3 is 2.84 bits per heavy atom. The maximum absolute atomic E-state index is 3.62. The average molecular weight is 260 g/mol. The fraction of sp³-hybridized carbons (Fsp3) is 0.647. The average Bonchev–Trinajstić information content (AvgIpc) is 2.42. The first-order valence-corrected chi connectivity index (χ1v) is 7.70. The maximum atomic E-state index is 3.62. The summed E-state index contributed by atoms with van der Waals surface area (Å²) in [6.45, 7) is 9.99. The fourth-order valence-corrected chi connectivity index (χ4v) is 2.72. The standard InChI is InChI=1S/C17H28N2/c1-13(2)15-8-7-14(3)16(10-15)11-18-12-17-6-4-5-9-19-17/h7-8,10,13,17-19H,4-6,9,11-12H2,1-3H3. The van der Waals surface area contributed by atoms with E-state index in [4.69, 9.17) is 0 Å². The molecule has 106 valence electrons. The van der Waals surface area contributed by atoms with E-state index < -0.39 is 0 Å². The van der Waals surface area contributed by atoms with E-state index in [1.54, 1.807) is 0 Å². The second-order valence-electron chi connectivity index (χ2n) is 6.12. The van der Waals surface area contributed by atoms with Crippen molar-refractivity contribution < 1.29 is 0 Å². The third-order valence-corrected chi connectivity index (χ3v) is 4.16. The molecular formula is C17H28N2. The number of rotatable bonds is 5. The highest BCUT2D eigenvalue weighted by atomic mass is 15.0. The monoisotopic (exact) mass is 260 g/mol. The lowest BCUT2D eigenvalue weighted by atomic mass is 9.97. The summed E-state index contributed by atoms with van der Waals surface area (Å²) in [5.74, 6) is 0.611. The van der Waals surface area contributed by atoms with Gasteiger partial charge < -0.3 is 10.6 Å². The van der Waals surface area contributed by atoms with Gasteiger partial charge in [0.05, 0.1) is 0 Å². The Labute approximate surface area is 118 Å². The van der Waals surface area contributed by atoms with Crippen LogP contribution < -0.4 is 10.6 Å². The maximum Gasteiger partial charge on any atom is 0.0208 e. The predicted molar refractivity (Wildman–Crippen MR) is 82.6 cm³/mol. The van der Waals surface area contributed by atoms with Gasteiger partial charge in [-0.15, -0.1) is 0 Å². The molecule has 0 radical (unpaired) electrons. The molecule has 19 heavy (non-hydrogen) atoms. The van der Waals surface area contributed by atoms with E-state index in [0.717, 1.165) is 13.1 Å². The van der Waals surface area contributed by atoms with Crippen LogP contribution in [0, 0.1) is 6.92 Å².